The molecule has 0 amide bonds. The highest BCUT2D eigenvalue weighted by Gasteiger charge is 2.46. The Morgan fingerprint density at radius 2 is 2.00 bits per heavy atom. The zero-order chi connectivity index (χ0) is 17.5. The molecule has 0 bridgehead atoms. The molecule has 2 aliphatic rings. The van der Waals surface area contributed by atoms with Gasteiger partial charge in [-0.25, -0.2) is 0 Å². The van der Waals surface area contributed by atoms with Gasteiger partial charge in [0.2, 0.25) is 0 Å². The Morgan fingerprint density at radius 1 is 1.25 bits per heavy atom. The van der Waals surface area contributed by atoms with E-state index in [1.165, 1.54) is 36.0 Å². The number of hydrogen-bond acceptors (Lipinski definition) is 2. The van der Waals surface area contributed by atoms with Crippen LogP contribution in [-0.2, 0) is 6.42 Å². The molecule has 2 nitrogen and oxygen atoms in total. The minimum Gasteiger partial charge on any atom is -0.508 e. The third-order valence-electron chi connectivity index (χ3n) is 6.08. The van der Waals surface area contributed by atoms with E-state index in [2.05, 4.69) is 40.7 Å². The lowest BCUT2D eigenvalue weighted by molar-refractivity contribution is 0.00680. The quantitative estimate of drug-likeness (QED) is 0.539. The summed E-state index contributed by atoms with van der Waals surface area (Å²) in [7, 11) is 0. The third kappa shape index (κ3) is 2.96. The van der Waals surface area contributed by atoms with Crippen molar-refractivity contribution < 1.29 is 9.84 Å². The van der Waals surface area contributed by atoms with Crippen molar-refractivity contribution in [1.29, 1.82) is 0 Å². The average Bonchev–Trinajstić information content (AvgIpc) is 2.51. The monoisotopic (exact) mass is 328 g/mol. The van der Waals surface area contributed by atoms with Crippen LogP contribution in [0.3, 0.4) is 0 Å². The first-order chi connectivity index (χ1) is 11.3. The van der Waals surface area contributed by atoms with Crippen LogP contribution in [-0.4, -0.2) is 10.7 Å². The molecule has 1 aromatic carbocycles. The summed E-state index contributed by atoms with van der Waals surface area (Å²) in [6.07, 6.45) is 9.07. The van der Waals surface area contributed by atoms with Crippen LogP contribution in [0.15, 0.2) is 17.7 Å². The lowest BCUT2D eigenvalue weighted by Crippen LogP contribution is -2.45. The maximum absolute atomic E-state index is 10.8. The summed E-state index contributed by atoms with van der Waals surface area (Å²) < 4.78 is 6.49. The summed E-state index contributed by atoms with van der Waals surface area (Å²) in [5.41, 5.74) is 4.79. The predicted octanol–water partition coefficient (Wildman–Crippen LogP) is 6.04. The molecule has 0 spiro atoms. The van der Waals surface area contributed by atoms with Gasteiger partial charge in [-0.3, -0.25) is 0 Å². The van der Waals surface area contributed by atoms with E-state index in [9.17, 15) is 5.11 Å². The van der Waals surface area contributed by atoms with E-state index < -0.39 is 0 Å². The summed E-state index contributed by atoms with van der Waals surface area (Å²) in [5, 5.41) is 10.8. The van der Waals surface area contributed by atoms with Crippen molar-refractivity contribution >= 4 is 0 Å². The van der Waals surface area contributed by atoms with Gasteiger partial charge in [0, 0.05) is 17.4 Å². The molecule has 2 heteroatoms. The van der Waals surface area contributed by atoms with Crippen LogP contribution in [0, 0.1) is 12.8 Å². The highest BCUT2D eigenvalue weighted by molar-refractivity contribution is 5.57. The van der Waals surface area contributed by atoms with E-state index in [1.807, 2.05) is 6.07 Å². The molecule has 0 saturated heterocycles. The van der Waals surface area contributed by atoms with Crippen LogP contribution in [0.2, 0.25) is 0 Å². The van der Waals surface area contributed by atoms with Crippen LogP contribution in [0.4, 0.5) is 0 Å². The molecule has 0 saturated carbocycles. The first-order valence-corrected chi connectivity index (χ1v) is 9.55. The molecule has 3 rings (SSSR count). The number of unbranched alkanes of at least 4 members (excludes halogenated alkanes) is 2. The Morgan fingerprint density at radius 3 is 2.71 bits per heavy atom. The molecule has 132 valence electrons. The van der Waals surface area contributed by atoms with Gasteiger partial charge in [0.25, 0.3) is 0 Å². The molecule has 0 fully saturated rings. The zero-order valence-corrected chi connectivity index (χ0v) is 15.9. The van der Waals surface area contributed by atoms with Gasteiger partial charge in [-0.2, -0.15) is 0 Å². The van der Waals surface area contributed by atoms with Crippen molar-refractivity contribution in [2.75, 3.05) is 0 Å². The number of fused-ring (bicyclic) bond motifs is 3. The fourth-order valence-corrected chi connectivity index (χ4v) is 4.61. The highest BCUT2D eigenvalue weighted by Crippen LogP contribution is 2.55. The third-order valence-corrected chi connectivity index (χ3v) is 6.08. The Labute approximate surface area is 146 Å². The largest absolute Gasteiger partial charge is 0.508 e. The second-order valence-electron chi connectivity index (χ2n) is 8.29. The fraction of sp³-hybridized carbons (Fsp3) is 0.636. The number of allylic oxidation sites excluding steroid dienone is 2. The van der Waals surface area contributed by atoms with Crippen LogP contribution < -0.4 is 4.74 Å². The maximum Gasteiger partial charge on any atom is 0.130 e. The van der Waals surface area contributed by atoms with E-state index in [0.29, 0.717) is 17.6 Å². The van der Waals surface area contributed by atoms with Gasteiger partial charge in [0.15, 0.2) is 0 Å². The zero-order valence-electron chi connectivity index (χ0n) is 15.9. The predicted molar refractivity (Wildman–Crippen MR) is 100 cm³/mol. The van der Waals surface area contributed by atoms with Crippen LogP contribution >= 0.6 is 0 Å². The Hall–Kier alpha value is -1.44. The first-order valence-electron chi connectivity index (χ1n) is 9.55. The fourth-order valence-electron chi connectivity index (χ4n) is 4.61. The average molecular weight is 328 g/mol. The standard InChI is InChI=1S/C22H32O2/c1-6-7-8-9-16-13-19(23)20-17-12-14(2)10-11-18(17)22(4,5)24-21(20)15(16)3/h10,13,17-18,23H,6-9,11-12H2,1-5H3/t17-,18-/m1/s1. The highest BCUT2D eigenvalue weighted by atomic mass is 16.5. The molecule has 1 N–H and O–H groups in total. The smallest absolute Gasteiger partial charge is 0.130 e. The summed E-state index contributed by atoms with van der Waals surface area (Å²) in [4.78, 5) is 0. The van der Waals surface area contributed by atoms with Gasteiger partial charge >= 0.3 is 0 Å². The molecule has 0 radical (unpaired) electrons. The number of ether oxygens (including phenoxy) is 1. The summed E-state index contributed by atoms with van der Waals surface area (Å²) in [5.74, 6) is 2.21. The normalized spacial score (nSPS) is 24.6. The summed E-state index contributed by atoms with van der Waals surface area (Å²) in [6.45, 7) is 11.0. The van der Waals surface area contributed by atoms with E-state index in [1.54, 1.807) is 0 Å². The number of phenolic OH excluding ortho intramolecular Hbond substituents is 1. The molecule has 0 unspecified atom stereocenters. The van der Waals surface area contributed by atoms with E-state index in [-0.39, 0.29) is 5.60 Å². The summed E-state index contributed by atoms with van der Waals surface area (Å²) in [6, 6.07) is 2.01. The van der Waals surface area contributed by atoms with Gasteiger partial charge in [-0.1, -0.05) is 31.4 Å². The Bertz CT molecular complexity index is 654. The number of aryl methyl sites for hydroxylation is 1. The number of benzene rings is 1. The van der Waals surface area contributed by atoms with Gasteiger partial charge in [-0.05, 0) is 70.6 Å². The SMILES string of the molecule is CCCCCc1cc(O)c2c(c1C)OC(C)(C)[C@@H]1CC=C(C)C[C@@H]21. The van der Waals surface area contributed by atoms with E-state index >= 15 is 0 Å². The lowest BCUT2D eigenvalue weighted by atomic mass is 9.66. The molecular weight excluding hydrogens is 296 g/mol. The van der Waals surface area contributed by atoms with E-state index in [0.717, 1.165) is 30.6 Å². The first kappa shape index (κ1) is 17.4. The molecule has 1 aromatic rings. The van der Waals surface area contributed by atoms with Gasteiger partial charge in [-0.15, -0.1) is 0 Å². The molecule has 1 aliphatic heterocycles. The number of aromatic hydroxyl groups is 1. The van der Waals surface area contributed by atoms with Crippen molar-refractivity contribution in [2.24, 2.45) is 5.92 Å². The second kappa shape index (κ2) is 6.46. The molecule has 24 heavy (non-hydrogen) atoms. The molecule has 2 atom stereocenters. The molecule has 1 heterocycles. The minimum absolute atomic E-state index is 0.186. The van der Waals surface area contributed by atoms with Crippen molar-refractivity contribution in [3.8, 4) is 11.5 Å². The van der Waals surface area contributed by atoms with Crippen molar-refractivity contribution in [3.05, 3.63) is 34.4 Å². The van der Waals surface area contributed by atoms with Crippen molar-refractivity contribution in [1.82, 2.24) is 0 Å². The van der Waals surface area contributed by atoms with Gasteiger partial charge < -0.3 is 9.84 Å². The lowest BCUT2D eigenvalue weighted by Gasteiger charge is -2.47. The second-order valence-corrected chi connectivity index (χ2v) is 8.29. The number of hydrogen-bond donors (Lipinski definition) is 1. The molecular formula is C22H32O2. The van der Waals surface area contributed by atoms with Crippen molar-refractivity contribution in [3.63, 3.8) is 0 Å². The van der Waals surface area contributed by atoms with Crippen molar-refractivity contribution in [2.45, 2.75) is 84.7 Å². The Kier molecular flexibility index (Phi) is 4.68. The molecule has 1 aliphatic carbocycles. The van der Waals surface area contributed by atoms with Crippen LogP contribution in [0.25, 0.3) is 0 Å². The minimum atomic E-state index is -0.186. The maximum atomic E-state index is 10.8. The number of rotatable bonds is 4. The molecule has 0 aromatic heterocycles. The van der Waals surface area contributed by atoms with E-state index in [4.69, 9.17) is 4.74 Å². The number of phenols is 1. The van der Waals surface area contributed by atoms with Gasteiger partial charge in [0.05, 0.1) is 0 Å². The topological polar surface area (TPSA) is 29.5 Å². The van der Waals surface area contributed by atoms with Gasteiger partial charge in [0.1, 0.15) is 17.1 Å². The summed E-state index contributed by atoms with van der Waals surface area (Å²) >= 11 is 0. The van der Waals surface area contributed by atoms with Crippen LogP contribution in [0.5, 0.6) is 11.5 Å². The Balaban J connectivity index is 2.04. The van der Waals surface area contributed by atoms with Crippen LogP contribution in [0.1, 0.15) is 82.4 Å².